The standard InChI is InChI=1S/C22H33N5O3S/c1-5-21-26-17(15-31-21)13-24-22(23-2)25-14-18(27-8-10-30-11-9-27)16-6-7-19(28-3)20(12-16)29-4/h6-7,12,15,18H,5,8-11,13-14H2,1-4H3,(H2,23,24,25). The molecule has 9 heteroatoms. The van der Waals surface area contributed by atoms with Gasteiger partial charge in [0.2, 0.25) is 0 Å². The van der Waals surface area contributed by atoms with E-state index in [-0.39, 0.29) is 6.04 Å². The zero-order valence-electron chi connectivity index (χ0n) is 18.8. The summed E-state index contributed by atoms with van der Waals surface area (Å²) >= 11 is 1.70. The molecule has 2 N–H and O–H groups in total. The highest BCUT2D eigenvalue weighted by molar-refractivity contribution is 7.09. The molecule has 2 heterocycles. The number of nitrogens with zero attached hydrogens (tertiary/aromatic N) is 3. The topological polar surface area (TPSA) is 80.2 Å². The van der Waals surface area contributed by atoms with Gasteiger partial charge in [-0.25, -0.2) is 4.98 Å². The highest BCUT2D eigenvalue weighted by Gasteiger charge is 2.24. The molecule has 1 aromatic carbocycles. The van der Waals surface area contributed by atoms with Gasteiger partial charge in [-0.2, -0.15) is 0 Å². The van der Waals surface area contributed by atoms with Crippen LogP contribution < -0.4 is 20.1 Å². The smallest absolute Gasteiger partial charge is 0.191 e. The molecule has 0 bridgehead atoms. The largest absolute Gasteiger partial charge is 0.493 e. The van der Waals surface area contributed by atoms with Gasteiger partial charge < -0.3 is 24.8 Å². The Kier molecular flexibility index (Phi) is 8.93. The van der Waals surface area contributed by atoms with E-state index in [2.05, 4.69) is 49.9 Å². The minimum Gasteiger partial charge on any atom is -0.493 e. The third kappa shape index (κ3) is 6.32. The first-order valence-electron chi connectivity index (χ1n) is 10.6. The van der Waals surface area contributed by atoms with Crippen molar-refractivity contribution in [3.05, 3.63) is 39.8 Å². The lowest BCUT2D eigenvalue weighted by Crippen LogP contribution is -2.46. The SMILES string of the molecule is CCc1nc(CNC(=NC)NCC(c2ccc(OC)c(OC)c2)N2CCOCC2)cs1. The van der Waals surface area contributed by atoms with Crippen LogP contribution >= 0.6 is 11.3 Å². The summed E-state index contributed by atoms with van der Waals surface area (Å²) in [5, 5.41) is 10.1. The maximum atomic E-state index is 5.56. The van der Waals surface area contributed by atoms with E-state index in [1.165, 1.54) is 0 Å². The Labute approximate surface area is 188 Å². The molecule has 1 saturated heterocycles. The molecular weight excluding hydrogens is 414 g/mol. The van der Waals surface area contributed by atoms with Crippen LogP contribution in [0.5, 0.6) is 11.5 Å². The van der Waals surface area contributed by atoms with Crippen LogP contribution in [0.15, 0.2) is 28.6 Å². The van der Waals surface area contributed by atoms with Gasteiger partial charge in [0.1, 0.15) is 0 Å². The van der Waals surface area contributed by atoms with Crippen molar-refractivity contribution in [2.24, 2.45) is 4.99 Å². The number of aryl methyl sites for hydroxylation is 1. The van der Waals surface area contributed by atoms with E-state index in [1.54, 1.807) is 32.6 Å². The molecule has 1 atom stereocenters. The maximum absolute atomic E-state index is 5.56. The molecule has 0 saturated carbocycles. The Morgan fingerprint density at radius 3 is 2.65 bits per heavy atom. The van der Waals surface area contributed by atoms with Gasteiger partial charge >= 0.3 is 0 Å². The van der Waals surface area contributed by atoms with Crippen molar-refractivity contribution in [2.75, 3.05) is 54.1 Å². The monoisotopic (exact) mass is 447 g/mol. The van der Waals surface area contributed by atoms with Gasteiger partial charge in [-0.1, -0.05) is 13.0 Å². The molecular formula is C22H33N5O3S. The van der Waals surface area contributed by atoms with Crippen LogP contribution in [0.4, 0.5) is 0 Å². The zero-order chi connectivity index (χ0) is 22.1. The Balaban J connectivity index is 1.69. The van der Waals surface area contributed by atoms with E-state index in [9.17, 15) is 0 Å². The van der Waals surface area contributed by atoms with Crippen LogP contribution in [0, 0.1) is 0 Å². The molecule has 1 aliphatic rings. The fourth-order valence-corrected chi connectivity index (χ4v) is 4.33. The van der Waals surface area contributed by atoms with Crippen molar-refractivity contribution in [1.82, 2.24) is 20.5 Å². The Morgan fingerprint density at radius 2 is 2.00 bits per heavy atom. The Hall–Kier alpha value is -2.36. The fourth-order valence-electron chi connectivity index (χ4n) is 3.59. The predicted molar refractivity (Wildman–Crippen MR) is 124 cm³/mol. The number of benzene rings is 1. The zero-order valence-corrected chi connectivity index (χ0v) is 19.6. The van der Waals surface area contributed by atoms with Crippen LogP contribution in [0.1, 0.15) is 29.2 Å². The third-order valence-electron chi connectivity index (χ3n) is 5.30. The summed E-state index contributed by atoms with van der Waals surface area (Å²) in [5.41, 5.74) is 2.20. The predicted octanol–water partition coefficient (Wildman–Crippen LogP) is 2.46. The van der Waals surface area contributed by atoms with Crippen LogP contribution in [-0.4, -0.2) is 70.0 Å². The first-order valence-corrected chi connectivity index (χ1v) is 11.5. The molecule has 0 aliphatic carbocycles. The molecule has 170 valence electrons. The summed E-state index contributed by atoms with van der Waals surface area (Å²) in [6, 6.07) is 6.26. The van der Waals surface area contributed by atoms with Gasteiger partial charge in [0.05, 0.1) is 50.7 Å². The quantitative estimate of drug-likeness (QED) is 0.451. The van der Waals surface area contributed by atoms with Crippen molar-refractivity contribution in [1.29, 1.82) is 0 Å². The number of nitrogens with one attached hydrogen (secondary N) is 2. The van der Waals surface area contributed by atoms with Crippen molar-refractivity contribution in [3.8, 4) is 11.5 Å². The molecule has 0 spiro atoms. The summed E-state index contributed by atoms with van der Waals surface area (Å²) in [6.07, 6.45) is 0.962. The maximum Gasteiger partial charge on any atom is 0.191 e. The number of aliphatic imine (C=N–C) groups is 1. The molecule has 3 rings (SSSR count). The first-order chi connectivity index (χ1) is 15.2. The number of hydrogen-bond donors (Lipinski definition) is 2. The molecule has 2 aromatic rings. The highest BCUT2D eigenvalue weighted by Crippen LogP contribution is 2.32. The second-order valence-electron chi connectivity index (χ2n) is 7.17. The second-order valence-corrected chi connectivity index (χ2v) is 8.11. The molecule has 1 unspecified atom stereocenters. The summed E-state index contributed by atoms with van der Waals surface area (Å²) in [4.78, 5) is 11.4. The minimum atomic E-state index is 0.147. The van der Waals surface area contributed by atoms with E-state index in [4.69, 9.17) is 14.2 Å². The Morgan fingerprint density at radius 1 is 1.23 bits per heavy atom. The molecule has 8 nitrogen and oxygen atoms in total. The third-order valence-corrected chi connectivity index (χ3v) is 6.35. The van der Waals surface area contributed by atoms with Gasteiger partial charge in [-0.3, -0.25) is 9.89 Å². The Bertz CT molecular complexity index is 851. The van der Waals surface area contributed by atoms with Gasteiger partial charge in [-0.15, -0.1) is 11.3 Å². The van der Waals surface area contributed by atoms with E-state index in [1.807, 2.05) is 6.07 Å². The lowest BCUT2D eigenvalue weighted by molar-refractivity contribution is 0.0169. The first kappa shape index (κ1) is 23.3. The van der Waals surface area contributed by atoms with Crippen LogP contribution in [0.25, 0.3) is 0 Å². The molecule has 0 radical (unpaired) electrons. The fraction of sp³-hybridized carbons (Fsp3) is 0.545. The summed E-state index contributed by atoms with van der Waals surface area (Å²) in [7, 11) is 5.10. The van der Waals surface area contributed by atoms with Crippen LogP contribution in [0.2, 0.25) is 0 Å². The van der Waals surface area contributed by atoms with Crippen LogP contribution in [-0.2, 0) is 17.7 Å². The van der Waals surface area contributed by atoms with Crippen molar-refractivity contribution in [3.63, 3.8) is 0 Å². The van der Waals surface area contributed by atoms with Crippen LogP contribution in [0.3, 0.4) is 0 Å². The molecule has 1 aromatic heterocycles. The summed E-state index contributed by atoms with van der Waals surface area (Å²) in [6.45, 7) is 6.70. The number of morpholine rings is 1. The number of guanidine groups is 1. The van der Waals surface area contributed by atoms with Gasteiger partial charge in [0.25, 0.3) is 0 Å². The number of methoxy groups -OCH3 is 2. The van der Waals surface area contributed by atoms with E-state index in [0.717, 1.165) is 66.4 Å². The van der Waals surface area contributed by atoms with Crippen molar-refractivity contribution >= 4 is 17.3 Å². The van der Waals surface area contributed by atoms with E-state index < -0.39 is 0 Å². The number of hydrogen-bond acceptors (Lipinski definition) is 7. The average molecular weight is 448 g/mol. The number of thiazole rings is 1. The van der Waals surface area contributed by atoms with Crippen molar-refractivity contribution < 1.29 is 14.2 Å². The van der Waals surface area contributed by atoms with E-state index in [0.29, 0.717) is 13.1 Å². The average Bonchev–Trinajstić information content (AvgIpc) is 3.29. The summed E-state index contributed by atoms with van der Waals surface area (Å²) in [5.74, 6) is 2.22. The van der Waals surface area contributed by atoms with E-state index >= 15 is 0 Å². The van der Waals surface area contributed by atoms with Gasteiger partial charge in [0, 0.05) is 32.1 Å². The molecule has 31 heavy (non-hydrogen) atoms. The number of aromatic nitrogens is 1. The molecule has 1 aliphatic heterocycles. The number of ether oxygens (including phenoxy) is 3. The lowest BCUT2D eigenvalue weighted by atomic mass is 10.0. The minimum absolute atomic E-state index is 0.147. The summed E-state index contributed by atoms with van der Waals surface area (Å²) < 4.78 is 16.5. The van der Waals surface area contributed by atoms with Gasteiger partial charge in [0.15, 0.2) is 17.5 Å². The number of rotatable bonds is 9. The van der Waals surface area contributed by atoms with Gasteiger partial charge in [-0.05, 0) is 24.1 Å². The lowest BCUT2D eigenvalue weighted by Gasteiger charge is -2.35. The molecule has 1 fully saturated rings. The van der Waals surface area contributed by atoms with Crippen molar-refractivity contribution in [2.45, 2.75) is 25.9 Å². The second kappa shape index (κ2) is 11.9. The normalized spacial score (nSPS) is 16.1. The highest BCUT2D eigenvalue weighted by atomic mass is 32.1. The molecule has 0 amide bonds.